The first-order valence-electron chi connectivity index (χ1n) is 12.5. The Balaban J connectivity index is 3.34. The molecular formula is C24H48N2O4. The number of hydrogen-bond donors (Lipinski definition) is 2. The highest BCUT2D eigenvalue weighted by Crippen LogP contribution is 2.14. The molecule has 0 saturated carbocycles. The molecule has 178 valence electrons. The lowest BCUT2D eigenvalue weighted by Gasteiger charge is -2.09. The van der Waals surface area contributed by atoms with Crippen molar-refractivity contribution in [3.8, 4) is 0 Å². The fourth-order valence-electron chi connectivity index (χ4n) is 3.46. The van der Waals surface area contributed by atoms with Gasteiger partial charge in [-0.3, -0.25) is 0 Å². The van der Waals surface area contributed by atoms with Crippen molar-refractivity contribution in [2.24, 2.45) is 11.5 Å². The van der Waals surface area contributed by atoms with Gasteiger partial charge in [0.2, 0.25) is 0 Å². The van der Waals surface area contributed by atoms with E-state index in [4.69, 9.17) is 11.5 Å². The van der Waals surface area contributed by atoms with Gasteiger partial charge in [-0.1, -0.05) is 103 Å². The van der Waals surface area contributed by atoms with Crippen LogP contribution in [0.25, 0.3) is 0 Å². The molecule has 0 aliphatic heterocycles. The van der Waals surface area contributed by atoms with E-state index in [1.54, 1.807) is 0 Å². The predicted molar refractivity (Wildman–Crippen MR) is 123 cm³/mol. The molecule has 0 radical (unpaired) electrons. The van der Waals surface area contributed by atoms with E-state index in [0.717, 1.165) is 32.1 Å². The van der Waals surface area contributed by atoms with E-state index in [0.29, 0.717) is 13.0 Å². The van der Waals surface area contributed by atoms with Gasteiger partial charge < -0.3 is 11.5 Å². The Kier molecular flexibility index (Phi) is 21.7. The van der Waals surface area contributed by atoms with E-state index >= 15 is 0 Å². The Bertz CT molecular complexity index is 405. The van der Waals surface area contributed by atoms with Gasteiger partial charge in [0.05, 0.1) is 6.42 Å². The fraction of sp³-hybridized carbons (Fsp3) is 0.917. The molecule has 0 saturated heterocycles. The average molecular weight is 429 g/mol. The van der Waals surface area contributed by atoms with E-state index < -0.39 is 18.0 Å². The zero-order chi connectivity index (χ0) is 22.3. The van der Waals surface area contributed by atoms with Gasteiger partial charge in [-0.15, -0.1) is 0 Å². The molecule has 1 unspecified atom stereocenters. The third kappa shape index (κ3) is 20.1. The fourth-order valence-corrected chi connectivity index (χ4v) is 3.46. The Hall–Kier alpha value is -1.14. The maximum atomic E-state index is 11.6. The minimum atomic E-state index is -0.768. The van der Waals surface area contributed by atoms with E-state index in [1.807, 2.05) is 0 Å². The number of rotatable bonds is 21. The Morgan fingerprint density at radius 1 is 0.667 bits per heavy atom. The van der Waals surface area contributed by atoms with E-state index in [2.05, 4.69) is 16.7 Å². The summed E-state index contributed by atoms with van der Waals surface area (Å²) >= 11 is 0. The van der Waals surface area contributed by atoms with Crippen molar-refractivity contribution in [2.45, 2.75) is 135 Å². The molecule has 6 nitrogen and oxygen atoms in total. The van der Waals surface area contributed by atoms with Crippen LogP contribution in [-0.4, -0.2) is 24.5 Å². The van der Waals surface area contributed by atoms with Crippen molar-refractivity contribution < 1.29 is 19.4 Å². The molecule has 0 aliphatic rings. The van der Waals surface area contributed by atoms with E-state index in [1.165, 1.54) is 77.0 Å². The molecule has 0 bridgehead atoms. The minimum absolute atomic E-state index is 0.272. The van der Waals surface area contributed by atoms with Gasteiger partial charge in [-0.25, -0.2) is 19.4 Å². The van der Waals surface area contributed by atoms with Crippen LogP contribution in [-0.2, 0) is 19.4 Å². The molecule has 1 atom stereocenters. The van der Waals surface area contributed by atoms with Crippen LogP contribution in [0.1, 0.15) is 129 Å². The highest BCUT2D eigenvalue weighted by molar-refractivity contribution is 5.76. The summed E-state index contributed by atoms with van der Waals surface area (Å²) in [5.74, 6) is -1.20. The first-order chi connectivity index (χ1) is 14.6. The standard InChI is InChI=1S/C24H48N2O4/c1-2-3-4-5-6-7-8-9-10-11-12-13-14-15-16-20-23(27)29-30-24(28)22(26)19-17-18-21-25/h22H,2-21,25-26H2,1H3. The third-order valence-electron chi connectivity index (χ3n) is 5.47. The second kappa shape index (κ2) is 22.5. The summed E-state index contributed by atoms with van der Waals surface area (Å²) in [5, 5.41) is 0. The van der Waals surface area contributed by atoms with Crippen LogP contribution in [0.5, 0.6) is 0 Å². The van der Waals surface area contributed by atoms with Gasteiger partial charge in [-0.2, -0.15) is 0 Å². The highest BCUT2D eigenvalue weighted by atomic mass is 17.2. The Labute approximate surface area is 184 Å². The smallest absolute Gasteiger partial charge is 0.330 e. The minimum Gasteiger partial charge on any atom is -0.330 e. The van der Waals surface area contributed by atoms with Crippen molar-refractivity contribution in [1.29, 1.82) is 0 Å². The summed E-state index contributed by atoms with van der Waals surface area (Å²) in [6, 6.07) is -0.768. The summed E-state index contributed by atoms with van der Waals surface area (Å²) in [5.41, 5.74) is 11.1. The molecule has 6 heteroatoms. The SMILES string of the molecule is CCCCCCCCCCCCCCCCCC(=O)OOC(=O)C(N)CCCCN. The molecule has 0 aromatic carbocycles. The van der Waals surface area contributed by atoms with Crippen LogP contribution in [0, 0.1) is 0 Å². The number of carbonyl (C=O) groups is 2. The summed E-state index contributed by atoms with van der Waals surface area (Å²) in [6.45, 7) is 2.83. The van der Waals surface area contributed by atoms with Crippen molar-refractivity contribution in [1.82, 2.24) is 0 Å². The van der Waals surface area contributed by atoms with Gasteiger partial charge >= 0.3 is 11.9 Å². The summed E-state index contributed by atoms with van der Waals surface area (Å²) in [7, 11) is 0. The molecule has 0 amide bonds. The monoisotopic (exact) mass is 428 g/mol. The third-order valence-corrected chi connectivity index (χ3v) is 5.47. The molecule has 0 aromatic rings. The molecule has 0 fully saturated rings. The van der Waals surface area contributed by atoms with Crippen LogP contribution in [0.4, 0.5) is 0 Å². The maximum Gasteiger partial charge on any atom is 0.372 e. The number of nitrogens with two attached hydrogens (primary N) is 2. The van der Waals surface area contributed by atoms with Crippen LogP contribution in [0.2, 0.25) is 0 Å². The summed E-state index contributed by atoms with van der Waals surface area (Å²) in [4.78, 5) is 32.3. The molecule has 0 rings (SSSR count). The zero-order valence-corrected chi connectivity index (χ0v) is 19.5. The molecule has 30 heavy (non-hydrogen) atoms. The number of carbonyl (C=O) groups excluding carboxylic acids is 2. The lowest BCUT2D eigenvalue weighted by molar-refractivity contribution is -0.260. The van der Waals surface area contributed by atoms with Gasteiger partial charge in [0.15, 0.2) is 0 Å². The second-order valence-electron chi connectivity index (χ2n) is 8.45. The molecule has 0 heterocycles. The highest BCUT2D eigenvalue weighted by Gasteiger charge is 2.17. The maximum absolute atomic E-state index is 11.6. The van der Waals surface area contributed by atoms with Crippen molar-refractivity contribution in [2.75, 3.05) is 6.54 Å². The zero-order valence-electron chi connectivity index (χ0n) is 19.5. The van der Waals surface area contributed by atoms with Gasteiger partial charge in [0.1, 0.15) is 6.04 Å². The Morgan fingerprint density at radius 3 is 1.60 bits per heavy atom. The van der Waals surface area contributed by atoms with Crippen molar-refractivity contribution >= 4 is 11.9 Å². The Morgan fingerprint density at radius 2 is 1.13 bits per heavy atom. The predicted octanol–water partition coefficient (Wildman–Crippen LogP) is 5.71. The molecular weight excluding hydrogens is 380 g/mol. The molecule has 0 spiro atoms. The summed E-state index contributed by atoms with van der Waals surface area (Å²) < 4.78 is 0. The van der Waals surface area contributed by atoms with Crippen LogP contribution in [0.3, 0.4) is 0 Å². The van der Waals surface area contributed by atoms with Gasteiger partial charge in [-0.05, 0) is 25.8 Å². The van der Waals surface area contributed by atoms with Crippen molar-refractivity contribution in [3.05, 3.63) is 0 Å². The van der Waals surface area contributed by atoms with E-state index in [-0.39, 0.29) is 6.42 Å². The lowest BCUT2D eigenvalue weighted by Crippen LogP contribution is -2.33. The lowest BCUT2D eigenvalue weighted by atomic mass is 10.0. The van der Waals surface area contributed by atoms with Crippen LogP contribution in [0.15, 0.2) is 0 Å². The summed E-state index contributed by atoms with van der Waals surface area (Å²) in [6.07, 6.45) is 21.5. The van der Waals surface area contributed by atoms with Gasteiger partial charge in [0, 0.05) is 0 Å². The quantitative estimate of drug-likeness (QED) is 0.138. The van der Waals surface area contributed by atoms with Crippen LogP contribution < -0.4 is 11.5 Å². The first-order valence-corrected chi connectivity index (χ1v) is 12.5. The average Bonchev–Trinajstić information content (AvgIpc) is 2.74. The number of unbranched alkanes of at least 4 members (excludes halogenated alkanes) is 15. The largest absolute Gasteiger partial charge is 0.372 e. The molecule has 0 aromatic heterocycles. The molecule has 0 aliphatic carbocycles. The second-order valence-corrected chi connectivity index (χ2v) is 8.45. The van der Waals surface area contributed by atoms with Gasteiger partial charge in [0.25, 0.3) is 0 Å². The molecule has 4 N–H and O–H groups in total. The topological polar surface area (TPSA) is 105 Å². The normalized spacial score (nSPS) is 12.0. The van der Waals surface area contributed by atoms with Crippen LogP contribution >= 0.6 is 0 Å². The van der Waals surface area contributed by atoms with E-state index in [9.17, 15) is 9.59 Å². The first kappa shape index (κ1) is 28.9. The van der Waals surface area contributed by atoms with Crippen molar-refractivity contribution in [3.63, 3.8) is 0 Å². The number of hydrogen-bond acceptors (Lipinski definition) is 6.